The van der Waals surface area contributed by atoms with Gasteiger partial charge in [-0.3, -0.25) is 4.98 Å². The molecule has 1 aromatic carbocycles. The number of anilines is 1. The topological polar surface area (TPSA) is 99.7 Å². The summed E-state index contributed by atoms with van der Waals surface area (Å²) in [5, 5.41) is 8.26. The molecule has 7 nitrogen and oxygen atoms in total. The second-order valence-electron chi connectivity index (χ2n) is 4.97. The Hall–Kier alpha value is -2.25. The summed E-state index contributed by atoms with van der Waals surface area (Å²) in [7, 11) is 0. The van der Waals surface area contributed by atoms with Crippen LogP contribution in [0.1, 0.15) is 12.8 Å². The van der Waals surface area contributed by atoms with E-state index < -0.39 is 0 Å². The van der Waals surface area contributed by atoms with Crippen molar-refractivity contribution in [1.82, 2.24) is 4.98 Å². The normalized spacial score (nSPS) is 11.2. The van der Waals surface area contributed by atoms with Crippen LogP contribution < -0.4 is 21.0 Å². The fraction of sp³-hybridized carbons (Fsp3) is 0.400. The maximum Gasteiger partial charge on any atom is 0.213 e. The fourth-order valence-electron chi connectivity index (χ4n) is 2.11. The molecule has 2 aromatic rings. The summed E-state index contributed by atoms with van der Waals surface area (Å²) in [4.78, 5) is 5.22. The van der Waals surface area contributed by atoms with Crippen molar-refractivity contribution < 1.29 is 4.68 Å². The molecule has 0 radical (unpaired) electrons. The van der Waals surface area contributed by atoms with E-state index in [1.807, 2.05) is 12.1 Å². The highest BCUT2D eigenvalue weighted by Gasteiger charge is 2.06. The van der Waals surface area contributed by atoms with Crippen LogP contribution in [0, 0.1) is 0 Å². The predicted octanol–water partition coefficient (Wildman–Crippen LogP) is 1.35. The minimum absolute atomic E-state index is 0.694. The lowest BCUT2D eigenvalue weighted by Gasteiger charge is -2.24. The third-order valence-corrected chi connectivity index (χ3v) is 3.27. The molecule has 0 spiro atoms. The Balaban J connectivity index is 2.01. The maximum atomic E-state index is 5.61. The molecule has 0 aliphatic carbocycles. The molecule has 0 aliphatic heterocycles. The Morgan fingerprint density at radius 1 is 1.05 bits per heavy atom. The lowest BCUT2D eigenvalue weighted by atomic mass is 10.2. The number of hydrogen-bond acceptors (Lipinski definition) is 5. The molecular formula is C15H24N7+. The van der Waals surface area contributed by atoms with E-state index in [0.29, 0.717) is 13.1 Å². The summed E-state index contributed by atoms with van der Waals surface area (Å²) < 4.78 is 1.61. The summed E-state index contributed by atoms with van der Waals surface area (Å²) in [6, 6.07) is 8.04. The van der Waals surface area contributed by atoms with E-state index in [1.54, 1.807) is 23.4 Å². The Morgan fingerprint density at radius 3 is 2.27 bits per heavy atom. The lowest BCUT2D eigenvalue weighted by Crippen LogP contribution is -2.28. The average Bonchev–Trinajstić information content (AvgIpc) is 3.07. The van der Waals surface area contributed by atoms with Crippen molar-refractivity contribution in [3.63, 3.8) is 0 Å². The van der Waals surface area contributed by atoms with Gasteiger partial charge < -0.3 is 16.4 Å². The Morgan fingerprint density at radius 2 is 1.73 bits per heavy atom. The number of benzene rings is 1. The second kappa shape index (κ2) is 8.91. The molecule has 2 rings (SSSR count). The highest BCUT2D eigenvalue weighted by molar-refractivity contribution is 5.52. The molecule has 7 heteroatoms. The van der Waals surface area contributed by atoms with Crippen molar-refractivity contribution >= 4 is 11.4 Å². The summed E-state index contributed by atoms with van der Waals surface area (Å²) in [5.41, 5.74) is 13.2. The molecule has 0 saturated carbocycles. The molecule has 1 heterocycles. The van der Waals surface area contributed by atoms with Gasteiger partial charge in [0.05, 0.1) is 11.4 Å². The molecule has 0 atom stereocenters. The minimum atomic E-state index is 0.694. The molecule has 0 saturated heterocycles. The number of nitrogens with zero attached hydrogens (tertiary/aromatic N) is 4. The summed E-state index contributed by atoms with van der Waals surface area (Å²) in [5.74, 6) is 0. The first-order chi connectivity index (χ1) is 10.8. The van der Waals surface area contributed by atoms with Crippen molar-refractivity contribution in [3.05, 3.63) is 43.0 Å². The average molecular weight is 302 g/mol. The van der Waals surface area contributed by atoms with Gasteiger partial charge >= 0.3 is 0 Å². The van der Waals surface area contributed by atoms with Gasteiger partial charge in [0.1, 0.15) is 6.20 Å². The number of nitrogens with one attached hydrogen (secondary N) is 1. The van der Waals surface area contributed by atoms with Gasteiger partial charge in [-0.2, -0.15) is 0 Å². The van der Waals surface area contributed by atoms with Crippen LogP contribution in [-0.4, -0.2) is 31.2 Å². The Bertz CT molecular complexity index is 540. The van der Waals surface area contributed by atoms with Crippen molar-refractivity contribution in [3.8, 4) is 0 Å². The van der Waals surface area contributed by atoms with Crippen LogP contribution >= 0.6 is 0 Å². The summed E-state index contributed by atoms with van der Waals surface area (Å²) in [6.45, 7) is 3.27. The first-order valence-electron chi connectivity index (χ1n) is 7.54. The van der Waals surface area contributed by atoms with E-state index in [2.05, 4.69) is 32.4 Å². The zero-order chi connectivity index (χ0) is 15.6. The monoisotopic (exact) mass is 302 g/mol. The first-order valence-corrected chi connectivity index (χ1v) is 7.54. The molecule has 0 amide bonds. The van der Waals surface area contributed by atoms with Crippen LogP contribution in [0.25, 0.3) is 0 Å². The number of aromatic amines is 1. The second-order valence-corrected chi connectivity index (χ2v) is 4.97. The van der Waals surface area contributed by atoms with Crippen LogP contribution in [-0.2, 0) is 0 Å². The fourth-order valence-corrected chi connectivity index (χ4v) is 2.11. The predicted molar refractivity (Wildman–Crippen MR) is 86.9 cm³/mol. The number of nitrogens with two attached hydrogens (primary N) is 2. The van der Waals surface area contributed by atoms with Gasteiger partial charge in [0.15, 0.2) is 5.69 Å². The van der Waals surface area contributed by atoms with Crippen molar-refractivity contribution in [2.24, 2.45) is 21.8 Å². The van der Waals surface area contributed by atoms with Gasteiger partial charge in [-0.15, -0.1) is 4.68 Å². The lowest BCUT2D eigenvalue weighted by molar-refractivity contribution is -0.684. The van der Waals surface area contributed by atoms with Crippen LogP contribution in [0.5, 0.6) is 0 Å². The molecule has 22 heavy (non-hydrogen) atoms. The Kier molecular flexibility index (Phi) is 6.53. The standard InChI is InChI=1S/C15H23N7/c16-7-1-10-21(11-2-8-17)15-5-3-14(4-6-15)19-20-22-12-9-18-13-22/h3-6,9,12-13H,1-2,7-8,10-11,16-17H2/p+1. The van der Waals surface area contributed by atoms with E-state index in [9.17, 15) is 0 Å². The maximum absolute atomic E-state index is 5.61. The third kappa shape index (κ3) is 4.94. The highest BCUT2D eigenvalue weighted by Crippen LogP contribution is 2.20. The largest absolute Gasteiger partial charge is 0.371 e. The molecule has 5 N–H and O–H groups in total. The van der Waals surface area contributed by atoms with Crippen LogP contribution in [0.4, 0.5) is 11.4 Å². The van der Waals surface area contributed by atoms with Gasteiger partial charge in [0.25, 0.3) is 0 Å². The number of rotatable bonds is 9. The van der Waals surface area contributed by atoms with Crippen molar-refractivity contribution in [2.75, 3.05) is 31.1 Å². The molecule has 1 aromatic heterocycles. The van der Waals surface area contributed by atoms with Crippen LogP contribution in [0.3, 0.4) is 0 Å². The molecular weight excluding hydrogens is 278 g/mol. The van der Waals surface area contributed by atoms with E-state index in [0.717, 1.165) is 37.3 Å². The Labute approximate surface area is 130 Å². The minimum Gasteiger partial charge on any atom is -0.371 e. The quantitative estimate of drug-likeness (QED) is 0.481. The van der Waals surface area contributed by atoms with Gasteiger partial charge in [-0.05, 0) is 50.2 Å². The molecule has 118 valence electrons. The molecule has 0 fully saturated rings. The number of imidazole rings is 1. The van der Waals surface area contributed by atoms with E-state index in [4.69, 9.17) is 11.5 Å². The van der Waals surface area contributed by atoms with Crippen LogP contribution in [0.15, 0.2) is 53.3 Å². The third-order valence-electron chi connectivity index (χ3n) is 3.27. The summed E-state index contributed by atoms with van der Waals surface area (Å²) in [6.07, 6.45) is 7.24. The van der Waals surface area contributed by atoms with E-state index >= 15 is 0 Å². The number of H-pyrrole nitrogens is 1. The van der Waals surface area contributed by atoms with Gasteiger partial charge in [0.2, 0.25) is 6.33 Å². The van der Waals surface area contributed by atoms with Crippen molar-refractivity contribution in [1.29, 1.82) is 0 Å². The summed E-state index contributed by atoms with van der Waals surface area (Å²) >= 11 is 0. The van der Waals surface area contributed by atoms with Crippen molar-refractivity contribution in [2.45, 2.75) is 12.8 Å². The first kappa shape index (κ1) is 16.1. The zero-order valence-corrected chi connectivity index (χ0v) is 12.7. The van der Waals surface area contributed by atoms with E-state index in [-0.39, 0.29) is 0 Å². The van der Waals surface area contributed by atoms with Gasteiger partial charge in [-0.1, -0.05) is 0 Å². The zero-order valence-electron chi connectivity index (χ0n) is 12.7. The molecule has 0 unspecified atom stereocenters. The molecule has 0 aliphatic rings. The smallest absolute Gasteiger partial charge is 0.213 e. The van der Waals surface area contributed by atoms with E-state index in [1.165, 1.54) is 0 Å². The number of aromatic nitrogens is 2. The highest BCUT2D eigenvalue weighted by atomic mass is 15.5. The van der Waals surface area contributed by atoms with Crippen LogP contribution in [0.2, 0.25) is 0 Å². The number of hydrogen-bond donors (Lipinski definition) is 3. The molecule has 0 bridgehead atoms. The SMILES string of the molecule is NCCCN(CCCN)c1ccc(N=N[n+]2cc[nH]c2)cc1. The van der Waals surface area contributed by atoms with Gasteiger partial charge in [0, 0.05) is 23.9 Å². The van der Waals surface area contributed by atoms with Gasteiger partial charge in [-0.25, -0.2) is 0 Å².